The molecule has 7 heteroatoms. The molecule has 0 saturated carbocycles. The smallest absolute Gasteiger partial charge is 0.306 e. The molecule has 0 N–H and O–H groups in total. The molecule has 0 spiro atoms. The standard InChI is InChI=1S/C53H101NO6/c1-5-9-23-34-48(35-24-10-6-2)46-52(56)58-44-31-21-17-14-13-15-19-27-38-50(60-51(55)40-33-43-54-41-29-30-42-54)39-28-20-16-18-22-32-45-59-53(57)47-49(36-25-11-7-3)37-26-12-8-4/h48-50H,5-47H2,1-4H3. The van der Waals surface area contributed by atoms with Gasteiger partial charge in [-0.05, 0) is 115 Å². The lowest BCUT2D eigenvalue weighted by atomic mass is 9.92. The number of likely N-dealkylation sites (tertiary alicyclic amines) is 1. The van der Waals surface area contributed by atoms with Crippen molar-refractivity contribution < 1.29 is 28.6 Å². The number of hydrogen-bond donors (Lipinski definition) is 0. The number of carbonyl (C=O) groups is 3. The number of ether oxygens (including phenoxy) is 3. The fraction of sp³-hybridized carbons (Fsp3) is 0.943. The molecule has 1 rings (SSSR count). The number of nitrogens with zero attached hydrogens (tertiary/aromatic N) is 1. The Balaban J connectivity index is 2.25. The molecule has 0 aromatic heterocycles. The van der Waals surface area contributed by atoms with Gasteiger partial charge in [-0.25, -0.2) is 0 Å². The van der Waals surface area contributed by atoms with Gasteiger partial charge in [0, 0.05) is 19.3 Å². The summed E-state index contributed by atoms with van der Waals surface area (Å²) in [5.41, 5.74) is 0. The van der Waals surface area contributed by atoms with Crippen LogP contribution < -0.4 is 0 Å². The molecule has 1 aliphatic heterocycles. The van der Waals surface area contributed by atoms with Gasteiger partial charge in [0.25, 0.3) is 0 Å². The molecule has 1 aliphatic rings. The highest BCUT2D eigenvalue weighted by molar-refractivity contribution is 5.70. The van der Waals surface area contributed by atoms with Crippen LogP contribution in [0.4, 0.5) is 0 Å². The normalized spacial score (nSPS) is 13.7. The summed E-state index contributed by atoms with van der Waals surface area (Å²) in [6, 6.07) is 0. The topological polar surface area (TPSA) is 82.1 Å². The Morgan fingerprint density at radius 2 is 0.767 bits per heavy atom. The van der Waals surface area contributed by atoms with Crippen LogP contribution >= 0.6 is 0 Å². The summed E-state index contributed by atoms with van der Waals surface area (Å²) in [5, 5.41) is 0. The third-order valence-electron chi connectivity index (χ3n) is 13.0. The zero-order valence-corrected chi connectivity index (χ0v) is 40.5. The van der Waals surface area contributed by atoms with E-state index < -0.39 is 0 Å². The molecule has 0 aromatic rings. The summed E-state index contributed by atoms with van der Waals surface area (Å²) in [6.45, 7) is 13.5. The third kappa shape index (κ3) is 35.9. The van der Waals surface area contributed by atoms with Crippen LogP contribution in [0.25, 0.3) is 0 Å². The highest BCUT2D eigenvalue weighted by Crippen LogP contribution is 2.24. The third-order valence-corrected chi connectivity index (χ3v) is 13.0. The molecule has 0 radical (unpaired) electrons. The maximum atomic E-state index is 12.8. The van der Waals surface area contributed by atoms with Gasteiger partial charge in [0.1, 0.15) is 6.10 Å². The fourth-order valence-corrected chi connectivity index (χ4v) is 9.07. The minimum Gasteiger partial charge on any atom is -0.466 e. The molecule has 0 bridgehead atoms. The molecule has 1 atom stereocenters. The molecule has 1 fully saturated rings. The molecule has 0 amide bonds. The number of esters is 3. The number of unbranched alkanes of at least 4 members (excludes halogenated alkanes) is 20. The first-order valence-corrected chi connectivity index (χ1v) is 26.6. The Hall–Kier alpha value is -1.63. The van der Waals surface area contributed by atoms with Gasteiger partial charge in [0.15, 0.2) is 0 Å². The van der Waals surface area contributed by atoms with Crippen LogP contribution in [0.1, 0.15) is 272 Å². The van der Waals surface area contributed by atoms with Crippen molar-refractivity contribution in [1.29, 1.82) is 0 Å². The van der Waals surface area contributed by atoms with Gasteiger partial charge in [-0.15, -0.1) is 0 Å². The van der Waals surface area contributed by atoms with Gasteiger partial charge >= 0.3 is 17.9 Å². The molecule has 1 saturated heterocycles. The minimum absolute atomic E-state index is 0.00487. The van der Waals surface area contributed by atoms with E-state index in [1.54, 1.807) is 0 Å². The van der Waals surface area contributed by atoms with Gasteiger partial charge in [0.05, 0.1) is 13.2 Å². The van der Waals surface area contributed by atoms with Crippen LogP contribution in [-0.4, -0.2) is 61.8 Å². The maximum absolute atomic E-state index is 12.8. The van der Waals surface area contributed by atoms with Gasteiger partial charge in [0.2, 0.25) is 0 Å². The Morgan fingerprint density at radius 1 is 0.417 bits per heavy atom. The van der Waals surface area contributed by atoms with E-state index in [0.29, 0.717) is 44.3 Å². The summed E-state index contributed by atoms with van der Waals surface area (Å²) in [7, 11) is 0. The number of carbonyl (C=O) groups excluding carboxylic acids is 3. The molecule has 60 heavy (non-hydrogen) atoms. The lowest BCUT2D eigenvalue weighted by Crippen LogP contribution is -2.23. The monoisotopic (exact) mass is 848 g/mol. The first-order valence-electron chi connectivity index (χ1n) is 26.6. The predicted molar refractivity (Wildman–Crippen MR) is 253 cm³/mol. The molecule has 1 heterocycles. The SMILES string of the molecule is CCCCCC(CCCCC)CC(=O)OCCCCCCCCCCC(CCCCCCCCOC(=O)CC(CCCCC)CCCCC)OC(=O)CCCN1CCCC1. The van der Waals surface area contributed by atoms with Crippen molar-refractivity contribution in [2.75, 3.05) is 32.8 Å². The van der Waals surface area contributed by atoms with Crippen molar-refractivity contribution in [3.8, 4) is 0 Å². The van der Waals surface area contributed by atoms with Gasteiger partial charge in [-0.1, -0.05) is 169 Å². The zero-order valence-electron chi connectivity index (χ0n) is 40.5. The van der Waals surface area contributed by atoms with E-state index in [-0.39, 0.29) is 24.0 Å². The van der Waals surface area contributed by atoms with E-state index in [1.807, 2.05) is 0 Å². The summed E-state index contributed by atoms with van der Waals surface area (Å²) in [5.74, 6) is 0.997. The van der Waals surface area contributed by atoms with E-state index in [1.165, 1.54) is 161 Å². The van der Waals surface area contributed by atoms with E-state index in [0.717, 1.165) is 83.6 Å². The van der Waals surface area contributed by atoms with Crippen LogP contribution in [0.5, 0.6) is 0 Å². The Kier molecular flexibility index (Phi) is 40.1. The van der Waals surface area contributed by atoms with Crippen LogP contribution in [0.3, 0.4) is 0 Å². The van der Waals surface area contributed by atoms with Crippen LogP contribution in [-0.2, 0) is 28.6 Å². The van der Waals surface area contributed by atoms with Crippen molar-refractivity contribution in [3.63, 3.8) is 0 Å². The molecule has 7 nitrogen and oxygen atoms in total. The van der Waals surface area contributed by atoms with Crippen molar-refractivity contribution in [2.24, 2.45) is 11.8 Å². The van der Waals surface area contributed by atoms with Crippen molar-refractivity contribution in [2.45, 2.75) is 278 Å². The molecular weight excluding hydrogens is 747 g/mol. The van der Waals surface area contributed by atoms with E-state index >= 15 is 0 Å². The first-order chi connectivity index (χ1) is 29.4. The van der Waals surface area contributed by atoms with Crippen LogP contribution in [0.15, 0.2) is 0 Å². The average Bonchev–Trinajstić information content (AvgIpc) is 3.76. The van der Waals surface area contributed by atoms with Crippen molar-refractivity contribution in [1.82, 2.24) is 4.90 Å². The van der Waals surface area contributed by atoms with Crippen molar-refractivity contribution in [3.05, 3.63) is 0 Å². The van der Waals surface area contributed by atoms with Crippen molar-refractivity contribution >= 4 is 17.9 Å². The van der Waals surface area contributed by atoms with E-state index in [9.17, 15) is 14.4 Å². The zero-order chi connectivity index (χ0) is 43.6. The maximum Gasteiger partial charge on any atom is 0.306 e. The first kappa shape index (κ1) is 56.4. The largest absolute Gasteiger partial charge is 0.466 e. The average molecular weight is 848 g/mol. The molecule has 354 valence electrons. The Labute approximate surface area is 372 Å². The molecule has 0 aliphatic carbocycles. The molecular formula is C53H101NO6. The highest BCUT2D eigenvalue weighted by atomic mass is 16.5. The highest BCUT2D eigenvalue weighted by Gasteiger charge is 2.18. The molecule has 0 aromatic carbocycles. The summed E-state index contributed by atoms with van der Waals surface area (Å²) in [6.07, 6.45) is 42.7. The Bertz CT molecular complexity index is 947. The predicted octanol–water partition coefficient (Wildman–Crippen LogP) is 15.4. The van der Waals surface area contributed by atoms with Gasteiger partial charge in [-0.3, -0.25) is 14.4 Å². The van der Waals surface area contributed by atoms with E-state index in [2.05, 4.69) is 32.6 Å². The fourth-order valence-electron chi connectivity index (χ4n) is 9.07. The number of hydrogen-bond acceptors (Lipinski definition) is 7. The second kappa shape index (κ2) is 42.7. The van der Waals surface area contributed by atoms with Crippen LogP contribution in [0.2, 0.25) is 0 Å². The summed E-state index contributed by atoms with van der Waals surface area (Å²) in [4.78, 5) is 40.4. The Morgan fingerprint density at radius 3 is 1.15 bits per heavy atom. The summed E-state index contributed by atoms with van der Waals surface area (Å²) < 4.78 is 17.4. The second-order valence-electron chi connectivity index (χ2n) is 18.9. The lowest BCUT2D eigenvalue weighted by molar-refractivity contribution is -0.150. The quantitative estimate of drug-likeness (QED) is 0.0343. The second-order valence-corrected chi connectivity index (χ2v) is 18.9. The molecule has 1 unspecified atom stereocenters. The van der Waals surface area contributed by atoms with Gasteiger partial charge < -0.3 is 19.1 Å². The van der Waals surface area contributed by atoms with Gasteiger partial charge in [-0.2, -0.15) is 0 Å². The lowest BCUT2D eigenvalue weighted by Gasteiger charge is -2.19. The minimum atomic E-state index is -0.00794. The number of rotatable bonds is 45. The van der Waals surface area contributed by atoms with Crippen LogP contribution in [0, 0.1) is 11.8 Å². The van der Waals surface area contributed by atoms with E-state index in [4.69, 9.17) is 14.2 Å². The summed E-state index contributed by atoms with van der Waals surface area (Å²) >= 11 is 0.